The lowest BCUT2D eigenvalue weighted by Gasteiger charge is -2.31. The van der Waals surface area contributed by atoms with E-state index in [-0.39, 0.29) is 35.7 Å². The van der Waals surface area contributed by atoms with E-state index in [2.05, 4.69) is 36.8 Å². The summed E-state index contributed by atoms with van der Waals surface area (Å²) in [5.41, 5.74) is 8.40. The number of fused-ring (bicyclic) bond motifs is 1. The van der Waals surface area contributed by atoms with Crippen LogP contribution in [0.15, 0.2) is 48.5 Å². The number of hydrogen-bond donors (Lipinski definition) is 3. The first-order chi connectivity index (χ1) is 15.2. The minimum absolute atomic E-state index is 0.0244. The zero-order valence-corrected chi connectivity index (χ0v) is 18.4. The van der Waals surface area contributed by atoms with Crippen LogP contribution in [-0.2, 0) is 4.79 Å². The van der Waals surface area contributed by atoms with Crippen molar-refractivity contribution in [2.24, 2.45) is 5.92 Å². The third kappa shape index (κ3) is 4.27. The normalized spacial score (nSPS) is 25.1. The van der Waals surface area contributed by atoms with E-state index in [1.807, 2.05) is 35.2 Å². The number of nitrogens with one attached hydrogen (secondary N) is 2. The van der Waals surface area contributed by atoms with Crippen molar-refractivity contribution < 1.29 is 14.6 Å². The molecule has 4 rings (SSSR count). The van der Waals surface area contributed by atoms with E-state index in [1.165, 1.54) is 12.8 Å². The van der Waals surface area contributed by atoms with E-state index in [0.29, 0.717) is 6.54 Å². The number of unbranched alkanes of at least 4 members (excludes halogenated alkanes) is 2. The maximum atomic E-state index is 13.2. The molecule has 0 aromatic heterocycles. The molecule has 0 bridgehead atoms. The summed E-state index contributed by atoms with van der Waals surface area (Å²) in [5.74, 6) is 1.20. The number of aromatic hydroxyl groups is 1. The lowest BCUT2D eigenvalue weighted by atomic mass is 9.83. The van der Waals surface area contributed by atoms with Gasteiger partial charge in [0.05, 0.1) is 18.7 Å². The molecule has 2 aliphatic heterocycles. The van der Waals surface area contributed by atoms with Gasteiger partial charge in [0, 0.05) is 18.0 Å². The maximum absolute atomic E-state index is 13.2. The Morgan fingerprint density at radius 2 is 1.71 bits per heavy atom. The van der Waals surface area contributed by atoms with Gasteiger partial charge >= 0.3 is 0 Å². The van der Waals surface area contributed by atoms with E-state index < -0.39 is 0 Å². The number of nitrogens with zero attached hydrogens (tertiary/aromatic N) is 1. The summed E-state index contributed by atoms with van der Waals surface area (Å²) in [6.07, 6.45) is 4.30. The number of hydrogen-bond acceptors (Lipinski definition) is 5. The summed E-state index contributed by atoms with van der Waals surface area (Å²) < 4.78 is 5.88. The Morgan fingerprint density at radius 3 is 2.42 bits per heavy atom. The first-order valence-corrected chi connectivity index (χ1v) is 11.5. The average molecular weight is 424 g/mol. The fourth-order valence-corrected chi connectivity index (χ4v) is 4.91. The van der Waals surface area contributed by atoms with Gasteiger partial charge in [-0.25, -0.2) is 10.9 Å². The molecule has 1 amide bonds. The molecule has 2 heterocycles. The highest BCUT2D eigenvalue weighted by molar-refractivity contribution is 5.86. The van der Waals surface area contributed by atoms with Crippen LogP contribution in [-0.4, -0.2) is 35.1 Å². The van der Waals surface area contributed by atoms with Crippen LogP contribution < -0.4 is 15.6 Å². The van der Waals surface area contributed by atoms with Crippen molar-refractivity contribution in [1.29, 1.82) is 0 Å². The second-order valence-electron chi connectivity index (χ2n) is 8.48. The molecule has 4 unspecified atom stereocenters. The van der Waals surface area contributed by atoms with Gasteiger partial charge < -0.3 is 14.7 Å². The van der Waals surface area contributed by atoms with Crippen LogP contribution in [0.25, 0.3) is 0 Å². The van der Waals surface area contributed by atoms with Gasteiger partial charge in [0.2, 0.25) is 5.91 Å². The highest BCUT2D eigenvalue weighted by atomic mass is 16.5. The Hall–Kier alpha value is -2.57. The van der Waals surface area contributed by atoms with E-state index in [0.717, 1.165) is 36.3 Å². The molecule has 2 aromatic carbocycles. The molecule has 4 atom stereocenters. The first-order valence-electron chi connectivity index (χ1n) is 11.5. The molecule has 0 aliphatic carbocycles. The molecule has 2 aliphatic rings. The molecule has 3 N–H and O–H groups in total. The smallest absolute Gasteiger partial charge is 0.242 e. The van der Waals surface area contributed by atoms with Gasteiger partial charge in [0.1, 0.15) is 17.5 Å². The number of para-hydroxylation sites is 1. The zero-order valence-electron chi connectivity index (χ0n) is 18.4. The van der Waals surface area contributed by atoms with Crippen LogP contribution in [0.3, 0.4) is 0 Å². The Balaban J connectivity index is 1.61. The second-order valence-corrected chi connectivity index (χ2v) is 8.48. The van der Waals surface area contributed by atoms with Gasteiger partial charge in [0.25, 0.3) is 0 Å². The summed E-state index contributed by atoms with van der Waals surface area (Å²) in [4.78, 5) is 15.2. The average Bonchev–Trinajstić information content (AvgIpc) is 3.32. The standard InChI is InChI=1S/C25H33N3O3/c1-3-5-8-16-31-18-13-11-17(12-14-18)24-21-22(19-9-6-7-10-20(19)29)26-27-23(21)25(30)28(24)15-4-2/h6-7,9-14,21-24,26-27,29H,3-5,8,15-16H2,1-2H3. The number of likely N-dealkylation sites (tertiary alicyclic amines) is 1. The molecule has 0 radical (unpaired) electrons. The number of carbonyl (C=O) groups is 1. The molecule has 0 spiro atoms. The van der Waals surface area contributed by atoms with E-state index in [4.69, 9.17) is 4.74 Å². The summed E-state index contributed by atoms with van der Waals surface area (Å²) in [6.45, 7) is 5.71. The van der Waals surface area contributed by atoms with Crippen molar-refractivity contribution in [3.05, 3.63) is 59.7 Å². The lowest BCUT2D eigenvalue weighted by Crippen LogP contribution is -2.41. The third-order valence-electron chi connectivity index (χ3n) is 6.39. The van der Waals surface area contributed by atoms with Crippen LogP contribution in [0.1, 0.15) is 62.7 Å². The summed E-state index contributed by atoms with van der Waals surface area (Å²) in [6, 6.07) is 15.0. The molecule has 31 heavy (non-hydrogen) atoms. The minimum Gasteiger partial charge on any atom is -0.508 e. The third-order valence-corrected chi connectivity index (χ3v) is 6.39. The van der Waals surface area contributed by atoms with Crippen LogP contribution in [0.5, 0.6) is 11.5 Å². The Morgan fingerprint density at radius 1 is 0.968 bits per heavy atom. The maximum Gasteiger partial charge on any atom is 0.242 e. The topological polar surface area (TPSA) is 73.8 Å². The number of phenolic OH excluding ortho intramolecular Hbond substituents is 1. The number of benzene rings is 2. The van der Waals surface area contributed by atoms with Crippen LogP contribution >= 0.6 is 0 Å². The predicted molar refractivity (Wildman–Crippen MR) is 121 cm³/mol. The van der Waals surface area contributed by atoms with Gasteiger partial charge in [-0.15, -0.1) is 0 Å². The van der Waals surface area contributed by atoms with Crippen molar-refractivity contribution in [2.45, 2.75) is 57.7 Å². The van der Waals surface area contributed by atoms with Gasteiger partial charge in [-0.3, -0.25) is 4.79 Å². The molecule has 6 heteroatoms. The molecule has 2 fully saturated rings. The quantitative estimate of drug-likeness (QED) is 0.530. The fraction of sp³-hybridized carbons (Fsp3) is 0.480. The second kappa shape index (κ2) is 9.71. The van der Waals surface area contributed by atoms with Crippen molar-refractivity contribution >= 4 is 5.91 Å². The SMILES string of the molecule is CCCCCOc1ccc(C2C3C(NNC3c3ccccc3O)C(=O)N2CCC)cc1. The fourth-order valence-electron chi connectivity index (χ4n) is 4.91. The van der Waals surface area contributed by atoms with Crippen LogP contribution in [0, 0.1) is 5.92 Å². The molecule has 166 valence electrons. The Labute approximate surface area is 184 Å². The lowest BCUT2D eigenvalue weighted by molar-refractivity contribution is -0.130. The molecule has 0 saturated carbocycles. The minimum atomic E-state index is -0.314. The van der Waals surface area contributed by atoms with Gasteiger partial charge in [-0.2, -0.15) is 0 Å². The predicted octanol–water partition coefficient (Wildman–Crippen LogP) is 4.09. The van der Waals surface area contributed by atoms with Crippen molar-refractivity contribution in [3.8, 4) is 11.5 Å². The summed E-state index contributed by atoms with van der Waals surface area (Å²) >= 11 is 0. The highest BCUT2D eigenvalue weighted by Crippen LogP contribution is 2.48. The van der Waals surface area contributed by atoms with E-state index >= 15 is 0 Å². The first kappa shape index (κ1) is 21.7. The van der Waals surface area contributed by atoms with Crippen molar-refractivity contribution in [3.63, 3.8) is 0 Å². The summed E-state index contributed by atoms with van der Waals surface area (Å²) in [7, 11) is 0. The monoisotopic (exact) mass is 423 g/mol. The van der Waals surface area contributed by atoms with Crippen molar-refractivity contribution in [1.82, 2.24) is 15.8 Å². The summed E-state index contributed by atoms with van der Waals surface area (Å²) in [5, 5.41) is 10.5. The Kier molecular flexibility index (Phi) is 6.78. The molecule has 2 saturated heterocycles. The van der Waals surface area contributed by atoms with Crippen molar-refractivity contribution in [2.75, 3.05) is 13.2 Å². The number of phenols is 1. The van der Waals surface area contributed by atoms with Crippen LogP contribution in [0.4, 0.5) is 0 Å². The van der Waals surface area contributed by atoms with Gasteiger partial charge in [-0.1, -0.05) is 57.0 Å². The number of rotatable bonds is 9. The largest absolute Gasteiger partial charge is 0.508 e. The van der Waals surface area contributed by atoms with Gasteiger partial charge in [0.15, 0.2) is 0 Å². The molecule has 6 nitrogen and oxygen atoms in total. The number of carbonyl (C=O) groups excluding carboxylic acids is 1. The van der Waals surface area contributed by atoms with E-state index in [9.17, 15) is 9.90 Å². The van der Waals surface area contributed by atoms with E-state index in [1.54, 1.807) is 6.07 Å². The number of hydrazine groups is 1. The number of ether oxygens (including phenoxy) is 1. The zero-order chi connectivity index (χ0) is 21.8. The molecular formula is C25H33N3O3. The Bertz CT molecular complexity index is 886. The van der Waals surface area contributed by atoms with Crippen LogP contribution in [0.2, 0.25) is 0 Å². The molecule has 2 aromatic rings. The highest BCUT2D eigenvalue weighted by Gasteiger charge is 2.55. The van der Waals surface area contributed by atoms with Gasteiger partial charge in [-0.05, 0) is 36.6 Å². The molecular weight excluding hydrogens is 390 g/mol. The number of amides is 1.